The highest BCUT2D eigenvalue weighted by Gasteiger charge is 2.08. The predicted molar refractivity (Wildman–Crippen MR) is 135 cm³/mol. The van der Waals surface area contributed by atoms with Crippen LogP contribution in [0.4, 0.5) is 4.39 Å². The molecule has 0 radical (unpaired) electrons. The maximum Gasteiger partial charge on any atom is 0.251 e. The molecule has 3 N–H and O–H groups in total. The van der Waals surface area contributed by atoms with Gasteiger partial charge in [-0.05, 0) is 41.8 Å². The van der Waals surface area contributed by atoms with E-state index in [9.17, 15) is 9.18 Å². The molecule has 0 atom stereocenters. The van der Waals surface area contributed by atoms with Gasteiger partial charge in [0, 0.05) is 44.6 Å². The Balaban J connectivity index is 0.00000363. The molecule has 7 nitrogen and oxygen atoms in total. The van der Waals surface area contributed by atoms with Crippen molar-refractivity contribution in [2.24, 2.45) is 4.99 Å². The summed E-state index contributed by atoms with van der Waals surface area (Å²) in [6.07, 6.45) is 3.70. The summed E-state index contributed by atoms with van der Waals surface area (Å²) < 4.78 is 15.5. The van der Waals surface area contributed by atoms with Crippen molar-refractivity contribution >= 4 is 35.8 Å². The molecule has 1 aromatic heterocycles. The number of amides is 1. The van der Waals surface area contributed by atoms with E-state index in [-0.39, 0.29) is 35.7 Å². The molecule has 0 fully saturated rings. The van der Waals surface area contributed by atoms with Crippen LogP contribution in [-0.4, -0.2) is 41.8 Å². The molecule has 3 rings (SSSR count). The van der Waals surface area contributed by atoms with Crippen LogP contribution in [0.5, 0.6) is 0 Å². The molecule has 3 aromatic rings. The topological polar surface area (TPSA) is 83.3 Å². The number of rotatable bonds is 8. The Labute approximate surface area is 204 Å². The number of hydrogen-bond donors (Lipinski definition) is 3. The molecule has 0 aliphatic heterocycles. The second kappa shape index (κ2) is 12.8. The highest BCUT2D eigenvalue weighted by atomic mass is 127. The number of nitrogens with zero attached hydrogens (tertiary/aromatic N) is 3. The Morgan fingerprint density at radius 1 is 1.06 bits per heavy atom. The highest BCUT2D eigenvalue weighted by Crippen LogP contribution is 2.10. The Morgan fingerprint density at radius 3 is 2.50 bits per heavy atom. The summed E-state index contributed by atoms with van der Waals surface area (Å²) in [6.45, 7) is 3.82. The Bertz CT molecular complexity index is 1040. The van der Waals surface area contributed by atoms with Crippen LogP contribution in [0.2, 0.25) is 0 Å². The quantitative estimate of drug-likeness (QED) is 0.174. The minimum absolute atomic E-state index is 0. The van der Waals surface area contributed by atoms with Gasteiger partial charge in [0.2, 0.25) is 0 Å². The molecule has 1 amide bonds. The van der Waals surface area contributed by atoms with Gasteiger partial charge in [-0.15, -0.1) is 24.0 Å². The SMILES string of the molecule is CN=C(NCCNC(=O)c1ccc(C)c(F)c1)NCc1ccccc1Cn1cccn1.I. The zero-order chi connectivity index (χ0) is 22.1. The summed E-state index contributed by atoms with van der Waals surface area (Å²) in [4.78, 5) is 16.4. The fourth-order valence-corrected chi connectivity index (χ4v) is 3.05. The third-order valence-electron chi connectivity index (χ3n) is 4.82. The van der Waals surface area contributed by atoms with Gasteiger partial charge < -0.3 is 16.0 Å². The Kier molecular flexibility index (Phi) is 10.1. The van der Waals surface area contributed by atoms with E-state index in [4.69, 9.17) is 0 Å². The van der Waals surface area contributed by atoms with Gasteiger partial charge in [-0.25, -0.2) is 4.39 Å². The number of hydrogen-bond acceptors (Lipinski definition) is 3. The maximum atomic E-state index is 13.6. The lowest BCUT2D eigenvalue weighted by Crippen LogP contribution is -2.41. The fourth-order valence-electron chi connectivity index (χ4n) is 3.05. The Hall–Kier alpha value is -2.95. The van der Waals surface area contributed by atoms with Gasteiger partial charge in [0.1, 0.15) is 5.82 Å². The number of carbonyl (C=O) groups excluding carboxylic acids is 1. The van der Waals surface area contributed by atoms with Crippen LogP contribution in [-0.2, 0) is 13.1 Å². The van der Waals surface area contributed by atoms with Crippen LogP contribution in [0.25, 0.3) is 0 Å². The number of benzene rings is 2. The van der Waals surface area contributed by atoms with Crippen LogP contribution >= 0.6 is 24.0 Å². The van der Waals surface area contributed by atoms with E-state index in [1.807, 2.05) is 29.1 Å². The van der Waals surface area contributed by atoms with Crippen molar-refractivity contribution in [1.29, 1.82) is 0 Å². The number of aryl methyl sites for hydroxylation is 1. The van der Waals surface area contributed by atoms with Gasteiger partial charge >= 0.3 is 0 Å². The van der Waals surface area contributed by atoms with E-state index in [1.165, 1.54) is 11.6 Å². The van der Waals surface area contributed by atoms with Crippen LogP contribution in [0.1, 0.15) is 27.0 Å². The highest BCUT2D eigenvalue weighted by molar-refractivity contribution is 14.0. The van der Waals surface area contributed by atoms with Crippen molar-refractivity contribution in [3.05, 3.63) is 89.0 Å². The van der Waals surface area contributed by atoms with E-state index in [0.717, 1.165) is 5.56 Å². The average Bonchev–Trinajstić information content (AvgIpc) is 3.29. The second-order valence-electron chi connectivity index (χ2n) is 7.04. The van der Waals surface area contributed by atoms with Gasteiger partial charge in [-0.1, -0.05) is 30.3 Å². The average molecular weight is 550 g/mol. The molecule has 1 heterocycles. The summed E-state index contributed by atoms with van der Waals surface area (Å²) in [6, 6.07) is 14.5. The van der Waals surface area contributed by atoms with Crippen LogP contribution in [0, 0.1) is 12.7 Å². The number of guanidine groups is 1. The lowest BCUT2D eigenvalue weighted by molar-refractivity contribution is 0.0954. The largest absolute Gasteiger partial charge is 0.355 e. The van der Waals surface area contributed by atoms with E-state index >= 15 is 0 Å². The van der Waals surface area contributed by atoms with E-state index in [1.54, 1.807) is 32.3 Å². The first kappa shape index (κ1) is 25.3. The number of aromatic nitrogens is 2. The van der Waals surface area contributed by atoms with Crippen molar-refractivity contribution in [2.45, 2.75) is 20.0 Å². The number of carbonyl (C=O) groups is 1. The van der Waals surface area contributed by atoms with Crippen LogP contribution < -0.4 is 16.0 Å². The normalized spacial score (nSPS) is 10.9. The number of halogens is 2. The minimum atomic E-state index is -0.386. The molecule has 0 saturated carbocycles. The summed E-state index contributed by atoms with van der Waals surface area (Å²) >= 11 is 0. The van der Waals surface area contributed by atoms with Gasteiger partial charge in [0.25, 0.3) is 5.91 Å². The van der Waals surface area contributed by atoms with Gasteiger partial charge in [-0.3, -0.25) is 14.5 Å². The van der Waals surface area contributed by atoms with E-state index in [2.05, 4.69) is 38.2 Å². The molecule has 2 aromatic carbocycles. The molecule has 0 spiro atoms. The Morgan fingerprint density at radius 2 is 1.81 bits per heavy atom. The fraction of sp³-hybridized carbons (Fsp3) is 0.261. The monoisotopic (exact) mass is 550 g/mol. The van der Waals surface area contributed by atoms with E-state index in [0.29, 0.717) is 43.3 Å². The molecular formula is C23H28FIN6O. The lowest BCUT2D eigenvalue weighted by atomic mass is 10.1. The third kappa shape index (κ3) is 7.33. The number of aliphatic imine (C=N–C) groups is 1. The summed E-state index contributed by atoms with van der Waals surface area (Å²) in [5.74, 6) is -0.0658. The molecule has 9 heteroatoms. The van der Waals surface area contributed by atoms with E-state index < -0.39 is 0 Å². The molecular weight excluding hydrogens is 522 g/mol. The minimum Gasteiger partial charge on any atom is -0.355 e. The maximum absolute atomic E-state index is 13.6. The van der Waals surface area contributed by atoms with Crippen molar-refractivity contribution in [1.82, 2.24) is 25.7 Å². The molecule has 32 heavy (non-hydrogen) atoms. The standard InChI is InChI=1S/C23H27FN6O.HI/c1-17-8-9-18(14-21(17)24)22(31)26-11-12-27-23(25-2)28-15-19-6-3-4-7-20(19)16-30-13-5-10-29-30;/h3-10,13-14H,11-12,15-16H2,1-2H3,(H,26,31)(H2,25,27,28);1H. The number of nitrogens with one attached hydrogen (secondary N) is 3. The van der Waals surface area contributed by atoms with Crippen LogP contribution in [0.15, 0.2) is 65.9 Å². The van der Waals surface area contributed by atoms with Crippen LogP contribution in [0.3, 0.4) is 0 Å². The summed E-state index contributed by atoms with van der Waals surface area (Å²) in [7, 11) is 1.69. The predicted octanol–water partition coefficient (Wildman–Crippen LogP) is 3.09. The summed E-state index contributed by atoms with van der Waals surface area (Å²) in [5.41, 5.74) is 3.14. The van der Waals surface area contributed by atoms with Crippen molar-refractivity contribution in [3.63, 3.8) is 0 Å². The van der Waals surface area contributed by atoms with Crippen molar-refractivity contribution in [2.75, 3.05) is 20.1 Å². The van der Waals surface area contributed by atoms with Crippen molar-refractivity contribution < 1.29 is 9.18 Å². The molecule has 0 unspecified atom stereocenters. The van der Waals surface area contributed by atoms with Gasteiger partial charge in [-0.2, -0.15) is 5.10 Å². The molecule has 0 aliphatic rings. The zero-order valence-electron chi connectivity index (χ0n) is 18.1. The second-order valence-corrected chi connectivity index (χ2v) is 7.04. The van der Waals surface area contributed by atoms with Crippen molar-refractivity contribution in [3.8, 4) is 0 Å². The smallest absolute Gasteiger partial charge is 0.251 e. The van der Waals surface area contributed by atoms with Gasteiger partial charge in [0.15, 0.2) is 5.96 Å². The summed E-state index contributed by atoms with van der Waals surface area (Å²) in [5, 5.41) is 13.5. The third-order valence-corrected chi connectivity index (χ3v) is 4.82. The first-order valence-corrected chi connectivity index (χ1v) is 10.1. The molecule has 0 aliphatic carbocycles. The molecule has 0 bridgehead atoms. The molecule has 170 valence electrons. The van der Waals surface area contributed by atoms with Gasteiger partial charge in [0.05, 0.1) is 6.54 Å². The zero-order valence-corrected chi connectivity index (χ0v) is 20.5. The molecule has 0 saturated heterocycles. The first-order chi connectivity index (χ1) is 15.1. The first-order valence-electron chi connectivity index (χ1n) is 10.1. The lowest BCUT2D eigenvalue weighted by Gasteiger charge is -2.15.